The minimum absolute atomic E-state index is 0.0514. The predicted molar refractivity (Wildman–Crippen MR) is 116 cm³/mol. The highest BCUT2D eigenvalue weighted by Crippen LogP contribution is 2.34. The Morgan fingerprint density at radius 1 is 1.23 bits per heavy atom. The van der Waals surface area contributed by atoms with E-state index in [2.05, 4.69) is 6.92 Å². The molecule has 0 bridgehead atoms. The largest absolute Gasteiger partial charge is 0.462 e. The monoisotopic (exact) mass is 440 g/mol. The van der Waals surface area contributed by atoms with Crippen LogP contribution in [0.25, 0.3) is 0 Å². The molecule has 7 nitrogen and oxygen atoms in total. The van der Waals surface area contributed by atoms with Gasteiger partial charge in [-0.1, -0.05) is 13.3 Å². The van der Waals surface area contributed by atoms with Crippen LogP contribution in [-0.2, 0) is 33.3 Å². The lowest BCUT2D eigenvalue weighted by atomic mass is 9.88. The summed E-state index contributed by atoms with van der Waals surface area (Å²) < 4.78 is 28.5. The molecule has 0 amide bonds. The second-order valence-corrected chi connectivity index (χ2v) is 9.03. The van der Waals surface area contributed by atoms with Crippen LogP contribution in [0.5, 0.6) is 0 Å². The molecule has 2 heterocycles. The summed E-state index contributed by atoms with van der Waals surface area (Å²) in [6, 6.07) is 0. The number of carbonyl (C=O) groups excluding carboxylic acids is 2. The number of esters is 2. The van der Waals surface area contributed by atoms with Crippen molar-refractivity contribution >= 4 is 11.9 Å². The molecule has 0 aromatic heterocycles. The summed E-state index contributed by atoms with van der Waals surface area (Å²) in [7, 11) is 0. The molecule has 0 saturated carbocycles. The van der Waals surface area contributed by atoms with Gasteiger partial charge >= 0.3 is 11.9 Å². The Morgan fingerprint density at radius 2 is 2.03 bits per heavy atom. The van der Waals surface area contributed by atoms with Crippen LogP contribution in [0.15, 0.2) is 11.6 Å². The Morgan fingerprint density at radius 3 is 2.71 bits per heavy atom. The Balaban J connectivity index is 1.84. The SMILES string of the molecule is CC(=O)OC/C=C1\CC[C@@H](OC(C)=O)[C@](C)(CCCC(C)COC2CCCCO2)OC1. The number of hydrogen-bond acceptors (Lipinski definition) is 7. The molecule has 0 aromatic carbocycles. The topological polar surface area (TPSA) is 80.3 Å². The van der Waals surface area contributed by atoms with Crippen molar-refractivity contribution in [2.45, 2.75) is 97.1 Å². The van der Waals surface area contributed by atoms with Gasteiger partial charge in [0, 0.05) is 20.5 Å². The highest BCUT2D eigenvalue weighted by Gasteiger charge is 2.39. The standard InChI is InChI=1S/C24H40O7/c1-18(16-29-23-9-5-6-14-28-23)8-7-13-24(4)22(31-20(3)26)11-10-21(17-30-24)12-15-27-19(2)25/h12,18,22-23H,5-11,13-17H2,1-4H3/b21-12+/t18?,22-,23?,24+/m1/s1. The van der Waals surface area contributed by atoms with Gasteiger partial charge in [-0.25, -0.2) is 0 Å². The molecule has 2 aliphatic rings. The van der Waals surface area contributed by atoms with E-state index < -0.39 is 5.60 Å². The number of carbonyl (C=O) groups is 2. The smallest absolute Gasteiger partial charge is 0.303 e. The fraction of sp³-hybridized carbons (Fsp3) is 0.833. The van der Waals surface area contributed by atoms with Gasteiger partial charge < -0.3 is 23.7 Å². The summed E-state index contributed by atoms with van der Waals surface area (Å²) in [5.41, 5.74) is 0.520. The number of rotatable bonds is 10. The van der Waals surface area contributed by atoms with E-state index in [0.717, 1.165) is 50.7 Å². The van der Waals surface area contributed by atoms with Gasteiger partial charge in [0.05, 0.1) is 13.2 Å². The maximum absolute atomic E-state index is 11.7. The molecule has 0 aromatic rings. The van der Waals surface area contributed by atoms with E-state index in [4.69, 9.17) is 23.7 Å². The summed E-state index contributed by atoms with van der Waals surface area (Å²) in [5, 5.41) is 0. The summed E-state index contributed by atoms with van der Waals surface area (Å²) in [6.07, 6.45) is 9.02. The summed E-state index contributed by atoms with van der Waals surface area (Å²) in [5.74, 6) is -0.171. The molecule has 4 atom stereocenters. The minimum atomic E-state index is -0.546. The first-order chi connectivity index (χ1) is 14.8. The first-order valence-corrected chi connectivity index (χ1v) is 11.6. The van der Waals surface area contributed by atoms with E-state index in [9.17, 15) is 9.59 Å². The molecule has 2 fully saturated rings. The van der Waals surface area contributed by atoms with Crippen LogP contribution in [0.3, 0.4) is 0 Å². The number of ether oxygens (including phenoxy) is 5. The van der Waals surface area contributed by atoms with Crippen LogP contribution in [0.1, 0.15) is 79.1 Å². The molecule has 0 N–H and O–H groups in total. The second kappa shape index (κ2) is 13.2. The van der Waals surface area contributed by atoms with Crippen molar-refractivity contribution in [1.82, 2.24) is 0 Å². The normalized spacial score (nSPS) is 29.2. The van der Waals surface area contributed by atoms with Crippen LogP contribution in [-0.4, -0.2) is 56.4 Å². The maximum Gasteiger partial charge on any atom is 0.303 e. The molecule has 2 saturated heterocycles. The maximum atomic E-state index is 11.7. The van der Waals surface area contributed by atoms with Crippen LogP contribution in [0.4, 0.5) is 0 Å². The third kappa shape index (κ3) is 9.71. The van der Waals surface area contributed by atoms with E-state index >= 15 is 0 Å². The van der Waals surface area contributed by atoms with Crippen molar-refractivity contribution in [3.63, 3.8) is 0 Å². The molecule has 31 heavy (non-hydrogen) atoms. The van der Waals surface area contributed by atoms with Gasteiger partial charge in [-0.3, -0.25) is 9.59 Å². The van der Waals surface area contributed by atoms with E-state index in [0.29, 0.717) is 25.6 Å². The lowest BCUT2D eigenvalue weighted by Crippen LogP contribution is -2.43. The third-order valence-electron chi connectivity index (χ3n) is 6.04. The molecule has 7 heteroatoms. The van der Waals surface area contributed by atoms with Gasteiger partial charge in [0.15, 0.2) is 6.29 Å². The van der Waals surface area contributed by atoms with Crippen LogP contribution >= 0.6 is 0 Å². The molecular formula is C24H40O7. The van der Waals surface area contributed by atoms with Crippen molar-refractivity contribution < 1.29 is 33.3 Å². The van der Waals surface area contributed by atoms with Crippen LogP contribution in [0.2, 0.25) is 0 Å². The Hall–Kier alpha value is -1.44. The molecular weight excluding hydrogens is 400 g/mol. The average Bonchev–Trinajstić information content (AvgIpc) is 2.87. The fourth-order valence-electron chi connectivity index (χ4n) is 4.10. The minimum Gasteiger partial charge on any atom is -0.462 e. The van der Waals surface area contributed by atoms with Gasteiger partial charge in [-0.05, 0) is 69.4 Å². The van der Waals surface area contributed by atoms with Crippen molar-refractivity contribution in [2.75, 3.05) is 26.4 Å². The molecule has 2 rings (SSSR count). The van der Waals surface area contributed by atoms with Crippen molar-refractivity contribution in [1.29, 1.82) is 0 Å². The zero-order valence-electron chi connectivity index (χ0n) is 19.7. The van der Waals surface area contributed by atoms with E-state index in [1.54, 1.807) is 0 Å². The van der Waals surface area contributed by atoms with Gasteiger partial charge in [-0.2, -0.15) is 0 Å². The lowest BCUT2D eigenvalue weighted by molar-refractivity contribution is -0.170. The van der Waals surface area contributed by atoms with E-state index in [1.165, 1.54) is 20.3 Å². The fourth-order valence-corrected chi connectivity index (χ4v) is 4.10. The zero-order valence-corrected chi connectivity index (χ0v) is 19.7. The quantitative estimate of drug-likeness (QED) is 0.369. The van der Waals surface area contributed by atoms with Crippen LogP contribution in [0, 0.1) is 5.92 Å². The first kappa shape index (κ1) is 25.8. The average molecular weight is 441 g/mol. The number of hydrogen-bond donors (Lipinski definition) is 0. The first-order valence-electron chi connectivity index (χ1n) is 11.6. The van der Waals surface area contributed by atoms with Crippen molar-refractivity contribution in [3.8, 4) is 0 Å². The Labute approximate surface area is 186 Å². The Kier molecular flexibility index (Phi) is 11.0. The lowest BCUT2D eigenvalue weighted by Gasteiger charge is -2.35. The van der Waals surface area contributed by atoms with Crippen LogP contribution < -0.4 is 0 Å². The third-order valence-corrected chi connectivity index (χ3v) is 6.04. The second-order valence-electron chi connectivity index (χ2n) is 9.03. The highest BCUT2D eigenvalue weighted by atomic mass is 16.7. The highest BCUT2D eigenvalue weighted by molar-refractivity contribution is 5.66. The summed E-state index contributed by atoms with van der Waals surface area (Å²) in [6.45, 7) is 9.24. The molecule has 2 unspecified atom stereocenters. The van der Waals surface area contributed by atoms with Gasteiger partial charge in [0.1, 0.15) is 18.3 Å². The summed E-state index contributed by atoms with van der Waals surface area (Å²) >= 11 is 0. The predicted octanol–water partition coefficient (Wildman–Crippen LogP) is 4.33. The van der Waals surface area contributed by atoms with Gasteiger partial charge in [0.2, 0.25) is 0 Å². The van der Waals surface area contributed by atoms with E-state index in [-0.39, 0.29) is 30.9 Å². The van der Waals surface area contributed by atoms with Crippen molar-refractivity contribution in [2.24, 2.45) is 5.92 Å². The van der Waals surface area contributed by atoms with Gasteiger partial charge in [0.25, 0.3) is 0 Å². The Bertz CT molecular complexity index is 597. The molecule has 0 spiro atoms. The molecule has 178 valence electrons. The molecule has 2 aliphatic heterocycles. The van der Waals surface area contributed by atoms with E-state index in [1.807, 2.05) is 13.0 Å². The molecule has 0 aliphatic carbocycles. The molecule has 0 radical (unpaired) electrons. The van der Waals surface area contributed by atoms with Crippen molar-refractivity contribution in [3.05, 3.63) is 11.6 Å². The zero-order chi connectivity index (χ0) is 22.7. The summed E-state index contributed by atoms with van der Waals surface area (Å²) in [4.78, 5) is 22.7. The van der Waals surface area contributed by atoms with Gasteiger partial charge in [-0.15, -0.1) is 0 Å².